The number of hydrogen-bond donors (Lipinski definition) is 1. The van der Waals surface area contributed by atoms with E-state index in [1.165, 1.54) is 5.56 Å². The highest BCUT2D eigenvalue weighted by Gasteiger charge is 2.08. The van der Waals surface area contributed by atoms with Crippen LogP contribution < -0.4 is 5.69 Å². The monoisotopic (exact) mass is 327 g/mol. The van der Waals surface area contributed by atoms with E-state index in [0.717, 1.165) is 21.8 Å². The molecule has 1 heterocycles. The fourth-order valence-corrected chi connectivity index (χ4v) is 3.18. The van der Waals surface area contributed by atoms with Crippen LogP contribution in [0.1, 0.15) is 18.9 Å². The summed E-state index contributed by atoms with van der Waals surface area (Å²) in [5.41, 5.74) is 1.06. The maximum absolute atomic E-state index is 11.5. The zero-order chi connectivity index (χ0) is 13.0. The summed E-state index contributed by atoms with van der Waals surface area (Å²) in [5, 5.41) is 7.30. The molecule has 0 aliphatic carbocycles. The molecular weight excluding hydrogens is 314 g/mol. The molecule has 0 saturated carbocycles. The highest BCUT2D eigenvalue weighted by Crippen LogP contribution is 2.24. The average Bonchev–Trinajstić information content (AvgIpc) is 2.71. The minimum Gasteiger partial charge on any atom is -0.270 e. The predicted molar refractivity (Wildman–Crippen MR) is 76.8 cm³/mol. The van der Waals surface area contributed by atoms with Crippen LogP contribution in [0, 0.1) is 0 Å². The molecule has 1 N–H and O–H groups in total. The second-order valence-electron chi connectivity index (χ2n) is 3.84. The van der Waals surface area contributed by atoms with E-state index >= 15 is 0 Å². The standard InChI is InChI=1S/C12H14BrN3OS/c1-2-7-16-11(17)14-15-12(16)18-8-9-5-3-4-6-10(9)13/h3-6H,2,7-8H2,1H3,(H,14,17). The van der Waals surface area contributed by atoms with E-state index in [0.29, 0.717) is 6.54 Å². The lowest BCUT2D eigenvalue weighted by Crippen LogP contribution is -2.17. The number of aromatic amines is 1. The van der Waals surface area contributed by atoms with Gasteiger partial charge in [0.05, 0.1) is 0 Å². The van der Waals surface area contributed by atoms with Crippen molar-refractivity contribution in [2.24, 2.45) is 0 Å². The van der Waals surface area contributed by atoms with Gasteiger partial charge in [0, 0.05) is 16.8 Å². The van der Waals surface area contributed by atoms with Crippen LogP contribution in [-0.2, 0) is 12.3 Å². The quantitative estimate of drug-likeness (QED) is 0.859. The summed E-state index contributed by atoms with van der Waals surface area (Å²) >= 11 is 5.08. The third kappa shape index (κ3) is 3.05. The van der Waals surface area contributed by atoms with E-state index in [9.17, 15) is 4.79 Å². The van der Waals surface area contributed by atoms with Crippen LogP contribution in [0.5, 0.6) is 0 Å². The molecule has 1 aromatic carbocycles. The molecule has 0 atom stereocenters. The van der Waals surface area contributed by atoms with Gasteiger partial charge in [0.1, 0.15) is 0 Å². The average molecular weight is 328 g/mol. The lowest BCUT2D eigenvalue weighted by molar-refractivity contribution is 0.604. The zero-order valence-electron chi connectivity index (χ0n) is 10.0. The number of halogens is 1. The molecule has 0 amide bonds. The van der Waals surface area contributed by atoms with Gasteiger partial charge in [-0.2, -0.15) is 0 Å². The summed E-state index contributed by atoms with van der Waals surface area (Å²) < 4.78 is 2.76. The molecule has 18 heavy (non-hydrogen) atoms. The van der Waals surface area contributed by atoms with Crippen LogP contribution in [0.15, 0.2) is 38.7 Å². The molecule has 6 heteroatoms. The van der Waals surface area contributed by atoms with Crippen molar-refractivity contribution < 1.29 is 0 Å². The summed E-state index contributed by atoms with van der Waals surface area (Å²) in [6.45, 7) is 2.75. The third-order valence-corrected chi connectivity index (χ3v) is 4.28. The van der Waals surface area contributed by atoms with Gasteiger partial charge in [-0.25, -0.2) is 9.89 Å². The molecule has 0 bridgehead atoms. The maximum Gasteiger partial charge on any atom is 0.343 e. The van der Waals surface area contributed by atoms with Gasteiger partial charge in [0.2, 0.25) is 0 Å². The first-order chi connectivity index (χ1) is 8.72. The lowest BCUT2D eigenvalue weighted by Gasteiger charge is -2.05. The van der Waals surface area contributed by atoms with E-state index in [1.807, 2.05) is 25.1 Å². The van der Waals surface area contributed by atoms with E-state index in [4.69, 9.17) is 0 Å². The van der Waals surface area contributed by atoms with Gasteiger partial charge in [0.15, 0.2) is 5.16 Å². The first-order valence-corrected chi connectivity index (χ1v) is 7.51. The summed E-state index contributed by atoms with van der Waals surface area (Å²) in [5.74, 6) is 0.787. The molecule has 0 saturated heterocycles. The predicted octanol–water partition coefficient (Wildman–Crippen LogP) is 3.04. The van der Waals surface area contributed by atoms with E-state index in [1.54, 1.807) is 16.3 Å². The van der Waals surface area contributed by atoms with Crippen molar-refractivity contribution in [3.05, 3.63) is 44.8 Å². The van der Waals surface area contributed by atoms with Gasteiger partial charge in [-0.05, 0) is 18.1 Å². The van der Waals surface area contributed by atoms with Gasteiger partial charge < -0.3 is 0 Å². The van der Waals surface area contributed by atoms with Crippen LogP contribution in [-0.4, -0.2) is 14.8 Å². The van der Waals surface area contributed by atoms with Crippen LogP contribution >= 0.6 is 27.7 Å². The molecular formula is C12H14BrN3OS. The molecule has 1 aromatic heterocycles. The van der Waals surface area contributed by atoms with Crippen LogP contribution in [0.4, 0.5) is 0 Å². The molecule has 0 aliphatic rings. The fourth-order valence-electron chi connectivity index (χ4n) is 1.59. The molecule has 2 aromatic rings. The Bertz CT molecular complexity index is 579. The minimum atomic E-state index is -0.133. The van der Waals surface area contributed by atoms with E-state index in [-0.39, 0.29) is 5.69 Å². The van der Waals surface area contributed by atoms with Crippen molar-refractivity contribution in [1.82, 2.24) is 14.8 Å². The molecule has 96 valence electrons. The topological polar surface area (TPSA) is 50.7 Å². The zero-order valence-corrected chi connectivity index (χ0v) is 12.4. The number of H-pyrrole nitrogens is 1. The Hall–Kier alpha value is -1.01. The molecule has 2 rings (SSSR count). The first kappa shape index (κ1) is 13.4. The van der Waals surface area contributed by atoms with Crippen molar-refractivity contribution in [3.8, 4) is 0 Å². The largest absolute Gasteiger partial charge is 0.343 e. The Balaban J connectivity index is 2.11. The van der Waals surface area contributed by atoms with Crippen LogP contribution in [0.25, 0.3) is 0 Å². The SMILES string of the molecule is CCCn1c(SCc2ccccc2Br)n[nH]c1=O. The second-order valence-corrected chi connectivity index (χ2v) is 5.64. The second kappa shape index (κ2) is 6.24. The minimum absolute atomic E-state index is 0.133. The number of aromatic nitrogens is 3. The Morgan fingerprint density at radius 2 is 2.22 bits per heavy atom. The Labute approximate surface area is 118 Å². The number of thioether (sulfide) groups is 1. The van der Waals surface area contributed by atoms with Crippen molar-refractivity contribution in [1.29, 1.82) is 0 Å². The van der Waals surface area contributed by atoms with Crippen molar-refractivity contribution in [2.75, 3.05) is 0 Å². The van der Waals surface area contributed by atoms with Gasteiger partial charge in [0.25, 0.3) is 0 Å². The molecule has 0 fully saturated rings. The number of nitrogens with zero attached hydrogens (tertiary/aromatic N) is 2. The highest BCUT2D eigenvalue weighted by atomic mass is 79.9. The van der Waals surface area contributed by atoms with Crippen molar-refractivity contribution in [2.45, 2.75) is 30.8 Å². The number of hydrogen-bond acceptors (Lipinski definition) is 3. The molecule has 0 radical (unpaired) electrons. The number of rotatable bonds is 5. The van der Waals surface area contributed by atoms with Crippen LogP contribution in [0.2, 0.25) is 0 Å². The molecule has 0 aliphatic heterocycles. The van der Waals surface area contributed by atoms with Gasteiger partial charge in [-0.15, -0.1) is 5.10 Å². The van der Waals surface area contributed by atoms with E-state index in [2.05, 4.69) is 32.2 Å². The summed E-state index contributed by atoms with van der Waals surface area (Å²) in [6.07, 6.45) is 0.919. The molecule has 4 nitrogen and oxygen atoms in total. The van der Waals surface area contributed by atoms with Gasteiger partial charge in [-0.3, -0.25) is 4.57 Å². The Morgan fingerprint density at radius 3 is 2.94 bits per heavy atom. The van der Waals surface area contributed by atoms with Crippen molar-refractivity contribution >= 4 is 27.7 Å². The summed E-state index contributed by atoms with van der Waals surface area (Å²) in [4.78, 5) is 11.5. The molecule has 0 spiro atoms. The van der Waals surface area contributed by atoms with Gasteiger partial charge in [-0.1, -0.05) is 52.8 Å². The number of nitrogens with one attached hydrogen (secondary N) is 1. The molecule has 0 unspecified atom stereocenters. The maximum atomic E-state index is 11.5. The van der Waals surface area contributed by atoms with Crippen molar-refractivity contribution in [3.63, 3.8) is 0 Å². The summed E-state index contributed by atoms with van der Waals surface area (Å²) in [6, 6.07) is 8.07. The fraction of sp³-hybridized carbons (Fsp3) is 0.333. The smallest absolute Gasteiger partial charge is 0.270 e. The van der Waals surface area contributed by atoms with Gasteiger partial charge >= 0.3 is 5.69 Å². The highest BCUT2D eigenvalue weighted by molar-refractivity contribution is 9.10. The Morgan fingerprint density at radius 1 is 1.44 bits per heavy atom. The normalized spacial score (nSPS) is 10.8. The third-order valence-electron chi connectivity index (χ3n) is 2.49. The van der Waals surface area contributed by atoms with Crippen LogP contribution in [0.3, 0.4) is 0 Å². The van der Waals surface area contributed by atoms with E-state index < -0.39 is 0 Å². The number of benzene rings is 1. The first-order valence-electron chi connectivity index (χ1n) is 5.73. The summed E-state index contributed by atoms with van der Waals surface area (Å²) in [7, 11) is 0. The lowest BCUT2D eigenvalue weighted by atomic mass is 10.2. The Kier molecular flexibility index (Phi) is 4.66.